The molecule has 2 aromatic rings. The summed E-state index contributed by atoms with van der Waals surface area (Å²) in [5.41, 5.74) is 6.68. The molecule has 178 valence electrons. The monoisotopic (exact) mass is 475 g/mol. The average Bonchev–Trinajstić information content (AvgIpc) is 3.14. The Morgan fingerprint density at radius 1 is 1.27 bits per heavy atom. The van der Waals surface area contributed by atoms with Gasteiger partial charge in [0.2, 0.25) is 0 Å². The van der Waals surface area contributed by atoms with Crippen LogP contribution < -0.4 is 20.5 Å². The number of fused-ring (bicyclic) bond motifs is 1. The van der Waals surface area contributed by atoms with E-state index in [9.17, 15) is 15.0 Å². The summed E-state index contributed by atoms with van der Waals surface area (Å²) < 4.78 is 12.0. The van der Waals surface area contributed by atoms with E-state index in [1.54, 1.807) is 0 Å². The third-order valence-corrected chi connectivity index (χ3v) is 6.40. The molecule has 5 N–H and O–H groups in total. The lowest BCUT2D eigenvalue weighted by atomic mass is 9.87. The van der Waals surface area contributed by atoms with Crippen LogP contribution in [0.5, 0.6) is 17.2 Å². The number of nitrogens with zero attached hydrogens (tertiary/aromatic N) is 1. The van der Waals surface area contributed by atoms with Gasteiger partial charge in [0, 0.05) is 63.1 Å². The van der Waals surface area contributed by atoms with Crippen molar-refractivity contribution in [1.82, 2.24) is 10.2 Å². The highest BCUT2D eigenvalue weighted by Gasteiger charge is 2.42. The second-order valence-corrected chi connectivity index (χ2v) is 9.14. The number of halogens is 1. The third-order valence-electron chi connectivity index (χ3n) is 6.17. The molecule has 1 atom stereocenters. The topological polar surface area (TPSA) is 117 Å². The van der Waals surface area contributed by atoms with E-state index in [-0.39, 0.29) is 35.2 Å². The molecule has 9 heteroatoms. The van der Waals surface area contributed by atoms with Crippen LogP contribution in [0.15, 0.2) is 36.4 Å². The van der Waals surface area contributed by atoms with E-state index < -0.39 is 6.10 Å². The van der Waals surface area contributed by atoms with Gasteiger partial charge in [-0.05, 0) is 35.9 Å². The van der Waals surface area contributed by atoms with Gasteiger partial charge in [0.15, 0.2) is 0 Å². The molecule has 8 nitrogen and oxygen atoms in total. The lowest BCUT2D eigenvalue weighted by Crippen LogP contribution is -2.49. The third kappa shape index (κ3) is 5.70. The van der Waals surface area contributed by atoms with Crippen LogP contribution in [0.2, 0.25) is 5.02 Å². The summed E-state index contributed by atoms with van der Waals surface area (Å²) in [7, 11) is 0. The molecule has 4 rings (SSSR count). The van der Waals surface area contributed by atoms with Crippen molar-refractivity contribution in [2.75, 3.05) is 39.3 Å². The van der Waals surface area contributed by atoms with Gasteiger partial charge >= 0.3 is 0 Å². The molecule has 1 spiro atoms. The first kappa shape index (κ1) is 23.6. The van der Waals surface area contributed by atoms with Gasteiger partial charge in [0.05, 0.1) is 5.56 Å². The molecule has 0 bridgehead atoms. The van der Waals surface area contributed by atoms with Gasteiger partial charge in [0.25, 0.3) is 5.91 Å². The van der Waals surface area contributed by atoms with Crippen LogP contribution in [0.1, 0.15) is 28.8 Å². The minimum absolute atomic E-state index is 0.00268. The van der Waals surface area contributed by atoms with Crippen molar-refractivity contribution in [1.29, 1.82) is 0 Å². The predicted octanol–water partition coefficient (Wildman–Crippen LogP) is 1.94. The van der Waals surface area contributed by atoms with Crippen molar-refractivity contribution < 1.29 is 24.5 Å². The van der Waals surface area contributed by atoms with Crippen molar-refractivity contribution in [2.24, 2.45) is 5.73 Å². The first-order valence-corrected chi connectivity index (χ1v) is 11.6. The maximum atomic E-state index is 12.3. The number of amides is 1. The Kier molecular flexibility index (Phi) is 7.29. The molecule has 0 saturated carbocycles. The highest BCUT2D eigenvalue weighted by atomic mass is 35.5. The molecule has 2 aliphatic heterocycles. The smallest absolute Gasteiger partial charge is 0.255 e. The van der Waals surface area contributed by atoms with E-state index in [4.69, 9.17) is 26.8 Å². The Bertz CT molecular complexity index is 994. The molecular weight excluding hydrogens is 446 g/mol. The number of phenols is 1. The van der Waals surface area contributed by atoms with Crippen LogP contribution in [0.4, 0.5) is 0 Å². The number of aliphatic hydroxyl groups excluding tert-OH is 1. The number of likely N-dealkylation sites (tertiary alicyclic amines) is 1. The Labute approximate surface area is 198 Å². The first-order chi connectivity index (χ1) is 15.9. The van der Waals surface area contributed by atoms with Crippen LogP contribution >= 0.6 is 11.6 Å². The average molecular weight is 476 g/mol. The molecule has 0 aromatic heterocycles. The zero-order valence-corrected chi connectivity index (χ0v) is 19.2. The van der Waals surface area contributed by atoms with E-state index in [0.29, 0.717) is 19.6 Å². The quantitative estimate of drug-likeness (QED) is 0.461. The number of phenolic OH excluding ortho intramolecular Hbond substituents is 1. The standard InChI is InChI=1S/C24H30ClN3O5/c25-17-1-4-21-16(11-17)13-24(33-21)5-9-28(10-6-24)14-19(30)15-32-22-12-18(29)2-3-20(22)23(31)27-8-7-26/h1-4,11-12,19,29-30H,5-10,13-15,26H2,(H,27,31)/t19-/m1/s1. The van der Waals surface area contributed by atoms with Crippen LogP contribution in [-0.4, -0.2) is 72.1 Å². The van der Waals surface area contributed by atoms with Crippen molar-refractivity contribution >= 4 is 17.5 Å². The molecule has 1 fully saturated rings. The molecular formula is C24H30ClN3O5. The minimum Gasteiger partial charge on any atom is -0.508 e. The summed E-state index contributed by atoms with van der Waals surface area (Å²) in [6, 6.07) is 10.0. The lowest BCUT2D eigenvalue weighted by Gasteiger charge is -2.39. The highest BCUT2D eigenvalue weighted by Crippen LogP contribution is 2.41. The summed E-state index contributed by atoms with van der Waals surface area (Å²) in [6.45, 7) is 2.71. The van der Waals surface area contributed by atoms with E-state index in [1.807, 2.05) is 18.2 Å². The summed E-state index contributed by atoms with van der Waals surface area (Å²) in [4.78, 5) is 14.5. The molecule has 33 heavy (non-hydrogen) atoms. The van der Waals surface area contributed by atoms with Gasteiger partial charge in [-0.1, -0.05) is 11.6 Å². The number of benzene rings is 2. The summed E-state index contributed by atoms with van der Waals surface area (Å²) in [5, 5.41) is 23.7. The Morgan fingerprint density at radius 2 is 2.06 bits per heavy atom. The van der Waals surface area contributed by atoms with E-state index in [1.165, 1.54) is 18.2 Å². The van der Waals surface area contributed by atoms with E-state index in [0.717, 1.165) is 48.7 Å². The molecule has 2 heterocycles. The molecule has 1 saturated heterocycles. The summed E-state index contributed by atoms with van der Waals surface area (Å²) >= 11 is 6.12. The fourth-order valence-electron chi connectivity index (χ4n) is 4.46. The van der Waals surface area contributed by atoms with Crippen LogP contribution in [0, 0.1) is 0 Å². The second-order valence-electron chi connectivity index (χ2n) is 8.70. The largest absolute Gasteiger partial charge is 0.508 e. The fraction of sp³-hybridized carbons (Fsp3) is 0.458. The van der Waals surface area contributed by atoms with Crippen molar-refractivity contribution in [3.63, 3.8) is 0 Å². The number of aromatic hydroxyl groups is 1. The fourth-order valence-corrected chi connectivity index (χ4v) is 4.65. The molecule has 0 unspecified atom stereocenters. The number of nitrogens with two attached hydrogens (primary N) is 1. The molecule has 2 aromatic carbocycles. The second kappa shape index (κ2) is 10.2. The summed E-state index contributed by atoms with van der Waals surface area (Å²) in [5.74, 6) is 0.774. The normalized spacial score (nSPS) is 17.9. The minimum atomic E-state index is -0.748. The van der Waals surface area contributed by atoms with Crippen molar-refractivity contribution in [2.45, 2.75) is 31.0 Å². The van der Waals surface area contributed by atoms with Crippen LogP contribution in [-0.2, 0) is 6.42 Å². The number of β-amino-alcohol motifs (C(OH)–C–C–N with tert-alkyl or cyclic N) is 1. The lowest BCUT2D eigenvalue weighted by molar-refractivity contribution is -0.00200. The number of hydrogen-bond acceptors (Lipinski definition) is 7. The number of ether oxygens (including phenoxy) is 2. The summed E-state index contributed by atoms with van der Waals surface area (Å²) in [6.07, 6.45) is 1.84. The van der Waals surface area contributed by atoms with Crippen LogP contribution in [0.3, 0.4) is 0 Å². The number of aliphatic hydroxyl groups is 1. The Balaban J connectivity index is 1.27. The SMILES string of the molecule is NCCNC(=O)c1ccc(O)cc1OC[C@H](O)CN1CCC2(CC1)Cc1cc(Cl)ccc1O2. The number of piperidine rings is 1. The maximum absolute atomic E-state index is 12.3. The highest BCUT2D eigenvalue weighted by molar-refractivity contribution is 6.30. The Hall–Kier alpha value is -2.52. The molecule has 1 amide bonds. The van der Waals surface area contributed by atoms with Gasteiger partial charge in [-0.3, -0.25) is 4.79 Å². The van der Waals surface area contributed by atoms with E-state index in [2.05, 4.69) is 10.2 Å². The molecule has 0 aliphatic carbocycles. The van der Waals surface area contributed by atoms with Gasteiger partial charge in [0.1, 0.15) is 35.6 Å². The Morgan fingerprint density at radius 3 is 2.82 bits per heavy atom. The number of hydrogen-bond donors (Lipinski definition) is 4. The molecule has 0 radical (unpaired) electrons. The number of carbonyl (C=O) groups excluding carboxylic acids is 1. The first-order valence-electron chi connectivity index (χ1n) is 11.2. The number of carbonyl (C=O) groups is 1. The zero-order valence-electron chi connectivity index (χ0n) is 18.4. The van der Waals surface area contributed by atoms with Crippen molar-refractivity contribution in [3.8, 4) is 17.2 Å². The maximum Gasteiger partial charge on any atom is 0.255 e. The number of rotatable bonds is 8. The predicted molar refractivity (Wildman–Crippen MR) is 125 cm³/mol. The van der Waals surface area contributed by atoms with Gasteiger partial charge < -0.3 is 35.6 Å². The van der Waals surface area contributed by atoms with Crippen LogP contribution in [0.25, 0.3) is 0 Å². The van der Waals surface area contributed by atoms with Crippen molar-refractivity contribution in [3.05, 3.63) is 52.5 Å². The van der Waals surface area contributed by atoms with E-state index >= 15 is 0 Å². The zero-order chi connectivity index (χ0) is 23.4. The number of nitrogens with one attached hydrogen (secondary N) is 1. The van der Waals surface area contributed by atoms with Gasteiger partial charge in [-0.2, -0.15) is 0 Å². The van der Waals surface area contributed by atoms with Gasteiger partial charge in [-0.25, -0.2) is 0 Å². The van der Waals surface area contributed by atoms with Gasteiger partial charge in [-0.15, -0.1) is 0 Å². The molecule has 2 aliphatic rings.